The van der Waals surface area contributed by atoms with Gasteiger partial charge in [-0.2, -0.15) is 8.42 Å². The van der Waals surface area contributed by atoms with Gasteiger partial charge < -0.3 is 6.15 Å². The smallest absolute Gasteiger partial charge is 0.300 e. The zero-order chi connectivity index (χ0) is 19.0. The summed E-state index contributed by atoms with van der Waals surface area (Å²) in [5.74, 6) is 0. The van der Waals surface area contributed by atoms with Crippen LogP contribution in [0.4, 0.5) is 4.39 Å². The van der Waals surface area contributed by atoms with Gasteiger partial charge in [-0.05, 0) is 25.7 Å². The molecule has 1 unspecified atom stereocenters. The fourth-order valence-corrected chi connectivity index (χ4v) is 4.06. The summed E-state index contributed by atoms with van der Waals surface area (Å²) in [6, 6.07) is 0. The largest absolute Gasteiger partial charge is 0.344 e. The lowest BCUT2D eigenvalue weighted by Gasteiger charge is -2.22. The number of alkyl halides is 1. The van der Waals surface area contributed by atoms with Crippen LogP contribution in [0.25, 0.3) is 0 Å². The van der Waals surface area contributed by atoms with E-state index in [9.17, 15) is 17.4 Å². The Labute approximate surface area is 162 Å². The Morgan fingerprint density at radius 3 is 1.19 bits per heavy atom. The second kappa shape index (κ2) is 16.9. The predicted molar refractivity (Wildman–Crippen MR) is 110 cm³/mol. The molecule has 0 spiro atoms. The van der Waals surface area contributed by atoms with Gasteiger partial charge >= 0.3 is 0 Å². The monoisotopic (exact) mass is 397 g/mol. The highest BCUT2D eigenvalue weighted by Gasteiger charge is 2.41. The summed E-state index contributed by atoms with van der Waals surface area (Å²) in [5, 5.41) is -2.45. The van der Waals surface area contributed by atoms with Gasteiger partial charge in [-0.15, -0.1) is 0 Å². The summed E-state index contributed by atoms with van der Waals surface area (Å²) >= 11 is 0. The zero-order valence-electron chi connectivity index (χ0n) is 17.3. The second-order valence-corrected chi connectivity index (χ2v) is 9.14. The molecule has 0 aliphatic carbocycles. The summed E-state index contributed by atoms with van der Waals surface area (Å²) in [5.41, 5.74) is 0. The van der Waals surface area contributed by atoms with Crippen LogP contribution >= 0.6 is 0 Å². The molecule has 0 aliphatic rings. The lowest BCUT2D eigenvalue weighted by atomic mass is 10.0. The normalized spacial score (nSPS) is 14.0. The van der Waals surface area contributed by atoms with Gasteiger partial charge in [0.05, 0.1) is 0 Å². The highest BCUT2D eigenvalue weighted by Crippen LogP contribution is 2.32. The SMILES string of the molecule is CCCCCCCCCCCC(F)(CCCCCCCC)S(=O)(=O)O.N. The molecule has 0 aliphatic heterocycles. The third kappa shape index (κ3) is 13.9. The molecule has 0 rings (SSSR count). The van der Waals surface area contributed by atoms with E-state index in [2.05, 4.69) is 13.8 Å². The molecule has 0 fully saturated rings. The Bertz CT molecular complexity index is 404. The first-order valence-electron chi connectivity index (χ1n) is 10.5. The Morgan fingerprint density at radius 2 is 0.923 bits per heavy atom. The maximum atomic E-state index is 14.8. The maximum absolute atomic E-state index is 14.8. The molecule has 0 aromatic heterocycles. The van der Waals surface area contributed by atoms with Crippen LogP contribution in [0.1, 0.15) is 123 Å². The van der Waals surface area contributed by atoms with E-state index in [1.54, 1.807) is 0 Å². The van der Waals surface area contributed by atoms with Gasteiger partial charge in [0.25, 0.3) is 10.1 Å². The number of rotatable bonds is 18. The molecule has 160 valence electrons. The van der Waals surface area contributed by atoms with Gasteiger partial charge in [0.2, 0.25) is 5.00 Å². The van der Waals surface area contributed by atoms with Crippen LogP contribution in [0.15, 0.2) is 0 Å². The third-order valence-corrected chi connectivity index (χ3v) is 6.35. The molecular formula is C20H44FNO3S. The molecule has 0 saturated carbocycles. The topological polar surface area (TPSA) is 89.4 Å². The molecule has 0 radical (unpaired) electrons. The summed E-state index contributed by atoms with van der Waals surface area (Å²) < 4.78 is 47.0. The lowest BCUT2D eigenvalue weighted by Crippen LogP contribution is -2.33. The first kappa shape index (κ1) is 28.0. The molecule has 4 N–H and O–H groups in total. The van der Waals surface area contributed by atoms with E-state index in [1.807, 2.05) is 0 Å². The standard InChI is InChI=1S/C20H41FO3S.H3N/c1-3-5-7-9-11-12-13-15-17-19-20(21,25(22,23)24)18-16-14-10-8-6-4-2;/h3-19H2,1-2H3,(H,22,23,24);1H3. The van der Waals surface area contributed by atoms with Gasteiger partial charge in [0.1, 0.15) is 0 Å². The fourth-order valence-electron chi connectivity index (χ4n) is 3.25. The minimum Gasteiger partial charge on any atom is -0.344 e. The summed E-state index contributed by atoms with van der Waals surface area (Å²) in [7, 11) is -4.64. The Balaban J connectivity index is 0. The van der Waals surface area contributed by atoms with Crippen LogP contribution < -0.4 is 6.15 Å². The molecule has 26 heavy (non-hydrogen) atoms. The Kier molecular flexibility index (Phi) is 18.2. The van der Waals surface area contributed by atoms with E-state index < -0.39 is 15.1 Å². The van der Waals surface area contributed by atoms with Crippen molar-refractivity contribution in [1.29, 1.82) is 0 Å². The van der Waals surface area contributed by atoms with E-state index in [1.165, 1.54) is 32.1 Å². The van der Waals surface area contributed by atoms with Crippen molar-refractivity contribution in [2.75, 3.05) is 0 Å². The van der Waals surface area contributed by atoms with Crippen LogP contribution in [0.3, 0.4) is 0 Å². The molecule has 0 saturated heterocycles. The summed E-state index contributed by atoms with van der Waals surface area (Å²) in [4.78, 5) is 0. The van der Waals surface area contributed by atoms with Crippen molar-refractivity contribution in [3.63, 3.8) is 0 Å². The molecule has 1 atom stereocenters. The zero-order valence-corrected chi connectivity index (χ0v) is 18.1. The predicted octanol–water partition coefficient (Wildman–Crippen LogP) is 7.37. The van der Waals surface area contributed by atoms with Crippen molar-refractivity contribution < 1.29 is 17.4 Å². The minimum atomic E-state index is -4.64. The van der Waals surface area contributed by atoms with Crippen LogP contribution in [0.2, 0.25) is 0 Å². The lowest BCUT2D eigenvalue weighted by molar-refractivity contribution is 0.203. The van der Waals surface area contributed by atoms with Crippen molar-refractivity contribution in [3.8, 4) is 0 Å². The maximum Gasteiger partial charge on any atom is 0.300 e. The average molecular weight is 398 g/mol. The molecule has 4 nitrogen and oxygen atoms in total. The fraction of sp³-hybridized carbons (Fsp3) is 1.00. The van der Waals surface area contributed by atoms with E-state index in [0.29, 0.717) is 12.8 Å². The Morgan fingerprint density at radius 1 is 0.654 bits per heavy atom. The first-order chi connectivity index (χ1) is 11.9. The van der Waals surface area contributed by atoms with Crippen molar-refractivity contribution in [3.05, 3.63) is 0 Å². The van der Waals surface area contributed by atoms with Crippen molar-refractivity contribution >= 4 is 10.1 Å². The molecule has 0 heterocycles. The number of hydrogen-bond donors (Lipinski definition) is 2. The molecule has 0 amide bonds. The highest BCUT2D eigenvalue weighted by atomic mass is 32.2. The average Bonchev–Trinajstić information content (AvgIpc) is 2.55. The van der Waals surface area contributed by atoms with Gasteiger partial charge in [-0.25, -0.2) is 4.39 Å². The molecular weight excluding hydrogens is 353 g/mol. The van der Waals surface area contributed by atoms with E-state index in [-0.39, 0.29) is 19.0 Å². The van der Waals surface area contributed by atoms with Gasteiger partial charge in [0.15, 0.2) is 0 Å². The van der Waals surface area contributed by atoms with Crippen LogP contribution in [-0.2, 0) is 10.1 Å². The number of hydrogen-bond acceptors (Lipinski definition) is 3. The van der Waals surface area contributed by atoms with Gasteiger partial charge in [-0.3, -0.25) is 4.55 Å². The number of unbranched alkanes of at least 4 members (excludes halogenated alkanes) is 13. The van der Waals surface area contributed by atoms with Crippen molar-refractivity contribution in [1.82, 2.24) is 6.15 Å². The van der Waals surface area contributed by atoms with Crippen LogP contribution in [0, 0.1) is 0 Å². The quantitative estimate of drug-likeness (QED) is 0.186. The number of halogens is 1. The molecule has 0 bridgehead atoms. The minimum absolute atomic E-state index is 0. The van der Waals surface area contributed by atoms with Gasteiger partial charge in [0, 0.05) is 0 Å². The third-order valence-electron chi connectivity index (χ3n) is 5.02. The van der Waals surface area contributed by atoms with Crippen LogP contribution in [-0.4, -0.2) is 18.0 Å². The van der Waals surface area contributed by atoms with E-state index in [4.69, 9.17) is 0 Å². The molecule has 6 heteroatoms. The highest BCUT2D eigenvalue weighted by molar-refractivity contribution is 7.87. The van der Waals surface area contributed by atoms with Crippen molar-refractivity contribution in [2.45, 2.75) is 128 Å². The van der Waals surface area contributed by atoms with Crippen molar-refractivity contribution in [2.24, 2.45) is 0 Å². The second-order valence-electron chi connectivity index (χ2n) is 7.45. The molecule has 0 aromatic carbocycles. The summed E-state index contributed by atoms with van der Waals surface area (Å²) in [6.07, 6.45) is 15.4. The summed E-state index contributed by atoms with van der Waals surface area (Å²) in [6.45, 7) is 4.33. The first-order valence-corrected chi connectivity index (χ1v) is 12.0. The molecule has 0 aromatic rings. The van der Waals surface area contributed by atoms with E-state index in [0.717, 1.165) is 51.4 Å². The van der Waals surface area contributed by atoms with Gasteiger partial charge in [-0.1, -0.05) is 97.3 Å². The Hall–Kier alpha value is -0.200. The van der Waals surface area contributed by atoms with E-state index >= 15 is 0 Å². The van der Waals surface area contributed by atoms with Crippen LogP contribution in [0.5, 0.6) is 0 Å².